The van der Waals surface area contributed by atoms with Crippen molar-refractivity contribution < 1.29 is 14.0 Å². The molecule has 0 aliphatic carbocycles. The Balaban J connectivity index is 1.87. The first-order valence-electron chi connectivity index (χ1n) is 8.57. The number of hydrogen-bond acceptors (Lipinski definition) is 2. The summed E-state index contributed by atoms with van der Waals surface area (Å²) in [5.41, 5.74) is 0.587. The van der Waals surface area contributed by atoms with E-state index in [-0.39, 0.29) is 29.7 Å². The minimum atomic E-state index is -0.257. The monoisotopic (exact) mass is 335 g/mol. The molecule has 1 aromatic rings. The number of rotatable bonds is 5. The van der Waals surface area contributed by atoms with Crippen molar-refractivity contribution in [1.82, 2.24) is 15.5 Å². The number of likely N-dealkylation sites (tertiary alicyclic amines) is 1. The first-order chi connectivity index (χ1) is 11.5. The summed E-state index contributed by atoms with van der Waals surface area (Å²) in [5, 5.41) is 5.72. The standard InChI is InChI=1S/C18H26FN3O2/c1-3-20-17(23)15-8-6-10-22(12-15)18(24)21-13(2)11-14-7-4-5-9-16(14)19/h4-5,7,9,13,15H,3,6,8,10-12H2,1-2H3,(H,20,23)(H,21,24)/t13-,15-/m1/s1. The second-order valence-electron chi connectivity index (χ2n) is 6.33. The molecule has 1 aliphatic heterocycles. The Labute approximate surface area is 142 Å². The summed E-state index contributed by atoms with van der Waals surface area (Å²) in [5.74, 6) is -0.395. The lowest BCUT2D eigenvalue weighted by molar-refractivity contribution is -0.126. The fourth-order valence-corrected chi connectivity index (χ4v) is 3.04. The lowest BCUT2D eigenvalue weighted by Gasteiger charge is -2.33. The Hall–Kier alpha value is -2.11. The van der Waals surface area contributed by atoms with Crippen molar-refractivity contribution >= 4 is 11.9 Å². The molecular formula is C18H26FN3O2. The van der Waals surface area contributed by atoms with E-state index in [1.807, 2.05) is 13.8 Å². The lowest BCUT2D eigenvalue weighted by Crippen LogP contribution is -2.50. The second-order valence-corrected chi connectivity index (χ2v) is 6.33. The van der Waals surface area contributed by atoms with Gasteiger partial charge in [0.15, 0.2) is 0 Å². The van der Waals surface area contributed by atoms with Crippen LogP contribution in [0.4, 0.5) is 9.18 Å². The number of urea groups is 1. The molecule has 1 heterocycles. The summed E-state index contributed by atoms with van der Waals surface area (Å²) in [6, 6.07) is 6.22. The summed E-state index contributed by atoms with van der Waals surface area (Å²) >= 11 is 0. The summed E-state index contributed by atoms with van der Waals surface area (Å²) in [6.45, 7) is 5.42. The fraction of sp³-hybridized carbons (Fsp3) is 0.556. The maximum absolute atomic E-state index is 13.7. The molecule has 2 atom stereocenters. The molecule has 0 spiro atoms. The smallest absolute Gasteiger partial charge is 0.317 e. The van der Waals surface area contributed by atoms with E-state index in [1.54, 1.807) is 23.1 Å². The maximum Gasteiger partial charge on any atom is 0.317 e. The van der Waals surface area contributed by atoms with Gasteiger partial charge in [-0.3, -0.25) is 4.79 Å². The van der Waals surface area contributed by atoms with Crippen molar-refractivity contribution in [1.29, 1.82) is 0 Å². The minimum absolute atomic E-state index is 0.00871. The maximum atomic E-state index is 13.7. The quantitative estimate of drug-likeness (QED) is 0.867. The molecule has 3 amide bonds. The lowest BCUT2D eigenvalue weighted by atomic mass is 9.97. The highest BCUT2D eigenvalue weighted by Gasteiger charge is 2.28. The number of piperidine rings is 1. The van der Waals surface area contributed by atoms with Crippen LogP contribution >= 0.6 is 0 Å². The molecule has 2 N–H and O–H groups in total. The molecule has 1 aliphatic rings. The normalized spacial score (nSPS) is 18.8. The zero-order valence-corrected chi connectivity index (χ0v) is 14.3. The predicted molar refractivity (Wildman–Crippen MR) is 91.1 cm³/mol. The van der Waals surface area contributed by atoms with Gasteiger partial charge in [0, 0.05) is 25.7 Å². The van der Waals surface area contributed by atoms with E-state index < -0.39 is 0 Å². The fourth-order valence-electron chi connectivity index (χ4n) is 3.04. The number of carbonyl (C=O) groups excluding carboxylic acids is 2. The van der Waals surface area contributed by atoms with Gasteiger partial charge in [-0.1, -0.05) is 18.2 Å². The number of benzene rings is 1. The van der Waals surface area contributed by atoms with Gasteiger partial charge in [-0.15, -0.1) is 0 Å². The van der Waals surface area contributed by atoms with Crippen LogP contribution in [0.15, 0.2) is 24.3 Å². The summed E-state index contributed by atoms with van der Waals surface area (Å²) < 4.78 is 13.7. The van der Waals surface area contributed by atoms with Gasteiger partial charge in [-0.05, 0) is 44.7 Å². The van der Waals surface area contributed by atoms with Crippen LogP contribution in [0, 0.1) is 11.7 Å². The molecular weight excluding hydrogens is 309 g/mol. The van der Waals surface area contributed by atoms with Gasteiger partial charge in [0.2, 0.25) is 5.91 Å². The van der Waals surface area contributed by atoms with Crippen LogP contribution in [0.5, 0.6) is 0 Å². The van der Waals surface area contributed by atoms with Crippen LogP contribution in [0.25, 0.3) is 0 Å². The molecule has 0 radical (unpaired) electrons. The Morgan fingerprint density at radius 2 is 2.12 bits per heavy atom. The largest absolute Gasteiger partial charge is 0.356 e. The van der Waals surface area contributed by atoms with Crippen molar-refractivity contribution in [3.63, 3.8) is 0 Å². The molecule has 24 heavy (non-hydrogen) atoms. The van der Waals surface area contributed by atoms with Crippen molar-refractivity contribution in [2.45, 2.75) is 39.2 Å². The summed E-state index contributed by atoms with van der Waals surface area (Å²) in [4.78, 5) is 26.0. The third-order valence-corrected chi connectivity index (χ3v) is 4.28. The van der Waals surface area contributed by atoms with Crippen molar-refractivity contribution in [3.8, 4) is 0 Å². The minimum Gasteiger partial charge on any atom is -0.356 e. The summed E-state index contributed by atoms with van der Waals surface area (Å²) in [7, 11) is 0. The van der Waals surface area contributed by atoms with E-state index in [0.29, 0.717) is 31.6 Å². The number of carbonyl (C=O) groups is 2. The number of hydrogen-bond donors (Lipinski definition) is 2. The zero-order valence-electron chi connectivity index (χ0n) is 14.3. The third-order valence-electron chi connectivity index (χ3n) is 4.28. The van der Waals surface area contributed by atoms with E-state index in [2.05, 4.69) is 10.6 Å². The van der Waals surface area contributed by atoms with Crippen LogP contribution in [-0.4, -0.2) is 42.5 Å². The van der Waals surface area contributed by atoms with E-state index in [9.17, 15) is 14.0 Å². The molecule has 1 fully saturated rings. The van der Waals surface area contributed by atoms with Crippen molar-refractivity contribution in [2.24, 2.45) is 5.92 Å². The number of nitrogens with zero attached hydrogens (tertiary/aromatic N) is 1. The molecule has 0 bridgehead atoms. The van der Waals surface area contributed by atoms with Crippen LogP contribution in [0.3, 0.4) is 0 Å². The van der Waals surface area contributed by atoms with E-state index in [4.69, 9.17) is 0 Å². The van der Waals surface area contributed by atoms with Gasteiger partial charge in [-0.25, -0.2) is 9.18 Å². The molecule has 0 unspecified atom stereocenters. The molecule has 1 aromatic carbocycles. The Morgan fingerprint density at radius 1 is 1.38 bits per heavy atom. The van der Waals surface area contributed by atoms with Gasteiger partial charge < -0.3 is 15.5 Å². The molecule has 5 nitrogen and oxygen atoms in total. The number of nitrogens with one attached hydrogen (secondary N) is 2. The number of halogens is 1. The van der Waals surface area contributed by atoms with E-state index in [0.717, 1.165) is 12.8 Å². The van der Waals surface area contributed by atoms with E-state index >= 15 is 0 Å². The first-order valence-corrected chi connectivity index (χ1v) is 8.57. The van der Waals surface area contributed by atoms with Crippen LogP contribution < -0.4 is 10.6 Å². The molecule has 0 saturated carbocycles. The van der Waals surface area contributed by atoms with Crippen molar-refractivity contribution in [2.75, 3.05) is 19.6 Å². The second kappa shape index (κ2) is 8.66. The Morgan fingerprint density at radius 3 is 2.83 bits per heavy atom. The molecule has 1 saturated heterocycles. The first kappa shape index (κ1) is 18.2. The third kappa shape index (κ3) is 4.94. The highest BCUT2D eigenvalue weighted by atomic mass is 19.1. The highest BCUT2D eigenvalue weighted by Crippen LogP contribution is 2.17. The van der Waals surface area contributed by atoms with Gasteiger partial charge in [0.25, 0.3) is 0 Å². The molecule has 2 rings (SSSR count). The Kier molecular flexibility index (Phi) is 6.58. The van der Waals surface area contributed by atoms with E-state index in [1.165, 1.54) is 6.07 Å². The topological polar surface area (TPSA) is 61.4 Å². The Bertz CT molecular complexity index is 579. The average molecular weight is 335 g/mol. The molecule has 6 heteroatoms. The van der Waals surface area contributed by atoms with Crippen molar-refractivity contribution in [3.05, 3.63) is 35.6 Å². The SMILES string of the molecule is CCNC(=O)[C@@H]1CCCN(C(=O)N[C@H](C)Cc2ccccc2F)C1. The average Bonchev–Trinajstić information content (AvgIpc) is 2.57. The van der Waals surface area contributed by atoms with Gasteiger partial charge in [-0.2, -0.15) is 0 Å². The van der Waals surface area contributed by atoms with Crippen LogP contribution in [-0.2, 0) is 11.2 Å². The number of amides is 3. The zero-order chi connectivity index (χ0) is 17.5. The molecule has 132 valence electrons. The van der Waals surface area contributed by atoms with Gasteiger partial charge in [0.1, 0.15) is 5.82 Å². The van der Waals surface area contributed by atoms with Gasteiger partial charge in [0.05, 0.1) is 5.92 Å². The summed E-state index contributed by atoms with van der Waals surface area (Å²) in [6.07, 6.45) is 2.06. The van der Waals surface area contributed by atoms with Crippen LogP contribution in [0.2, 0.25) is 0 Å². The highest BCUT2D eigenvalue weighted by molar-refractivity contribution is 5.80. The van der Waals surface area contributed by atoms with Crippen LogP contribution in [0.1, 0.15) is 32.3 Å². The van der Waals surface area contributed by atoms with Gasteiger partial charge >= 0.3 is 6.03 Å². The molecule has 0 aromatic heterocycles. The predicted octanol–water partition coefficient (Wildman–Crippen LogP) is 2.31.